The third kappa shape index (κ3) is 2.96. The third-order valence-electron chi connectivity index (χ3n) is 5.54. The van der Waals surface area contributed by atoms with Gasteiger partial charge in [-0.3, -0.25) is 4.79 Å². The van der Waals surface area contributed by atoms with Crippen molar-refractivity contribution in [3.8, 4) is 11.3 Å². The zero-order valence-electron chi connectivity index (χ0n) is 14.9. The molecule has 132 valence electrons. The van der Waals surface area contributed by atoms with Crippen molar-refractivity contribution in [2.75, 3.05) is 6.54 Å². The van der Waals surface area contributed by atoms with E-state index in [-0.39, 0.29) is 34.4 Å². The maximum Gasteiger partial charge on any atom is 0.292 e. The number of carbonyl (C=O) groups excluding carboxylic acids is 1. The molecule has 1 aromatic carbocycles. The van der Waals surface area contributed by atoms with Crippen LogP contribution >= 0.6 is 0 Å². The highest BCUT2D eigenvalue weighted by atomic mass is 19.1. The van der Waals surface area contributed by atoms with Gasteiger partial charge in [-0.05, 0) is 54.4 Å². The molecule has 2 heterocycles. The summed E-state index contributed by atoms with van der Waals surface area (Å²) in [7, 11) is 0. The van der Waals surface area contributed by atoms with Crippen molar-refractivity contribution in [3.63, 3.8) is 0 Å². The van der Waals surface area contributed by atoms with E-state index in [4.69, 9.17) is 4.52 Å². The number of amides is 1. The Labute approximate surface area is 147 Å². The van der Waals surface area contributed by atoms with Crippen LogP contribution in [-0.2, 0) is 0 Å². The van der Waals surface area contributed by atoms with Crippen LogP contribution in [0.1, 0.15) is 50.6 Å². The minimum absolute atomic E-state index is 0.0905. The Morgan fingerprint density at radius 3 is 2.68 bits per heavy atom. The van der Waals surface area contributed by atoms with E-state index in [1.807, 2.05) is 4.90 Å². The van der Waals surface area contributed by atoms with Crippen LogP contribution in [-0.4, -0.2) is 28.6 Å². The number of hydrogen-bond donors (Lipinski definition) is 0. The molecule has 2 atom stereocenters. The predicted octanol–water partition coefficient (Wildman–Crippen LogP) is 4.52. The summed E-state index contributed by atoms with van der Waals surface area (Å²) in [5, 5.41) is 4.00. The highest BCUT2D eigenvalue weighted by Gasteiger charge is 2.51. The molecule has 4 rings (SSSR count). The van der Waals surface area contributed by atoms with Gasteiger partial charge in [0, 0.05) is 24.2 Å². The van der Waals surface area contributed by atoms with E-state index >= 15 is 0 Å². The monoisotopic (exact) mass is 342 g/mol. The summed E-state index contributed by atoms with van der Waals surface area (Å²) in [4.78, 5) is 14.9. The first-order valence-corrected chi connectivity index (χ1v) is 8.78. The van der Waals surface area contributed by atoms with Gasteiger partial charge in [-0.25, -0.2) is 4.39 Å². The minimum Gasteiger partial charge on any atom is -0.350 e. The van der Waals surface area contributed by atoms with Crippen LogP contribution in [0.3, 0.4) is 0 Å². The molecule has 4 nitrogen and oxygen atoms in total. The molecular formula is C20H23FN2O2. The van der Waals surface area contributed by atoms with E-state index in [1.54, 1.807) is 18.2 Å². The van der Waals surface area contributed by atoms with E-state index in [0.717, 1.165) is 31.4 Å². The van der Waals surface area contributed by atoms with E-state index in [2.05, 4.69) is 25.9 Å². The summed E-state index contributed by atoms with van der Waals surface area (Å²) in [5.74, 6) is -0.135. The van der Waals surface area contributed by atoms with Crippen molar-refractivity contribution in [2.45, 2.75) is 46.1 Å². The second kappa shape index (κ2) is 5.41. The summed E-state index contributed by atoms with van der Waals surface area (Å²) in [6, 6.07) is 7.93. The van der Waals surface area contributed by atoms with Crippen molar-refractivity contribution in [2.24, 2.45) is 10.8 Å². The number of fused-ring (bicyclic) bond motifs is 2. The predicted molar refractivity (Wildman–Crippen MR) is 92.5 cm³/mol. The maximum absolute atomic E-state index is 13.1. The Hall–Kier alpha value is -2.17. The highest BCUT2D eigenvalue weighted by molar-refractivity contribution is 5.93. The fraction of sp³-hybridized carbons (Fsp3) is 0.500. The first kappa shape index (κ1) is 16.3. The number of carbonyl (C=O) groups is 1. The van der Waals surface area contributed by atoms with Gasteiger partial charge in [0.2, 0.25) is 5.76 Å². The van der Waals surface area contributed by atoms with Crippen LogP contribution in [0.25, 0.3) is 11.3 Å². The average molecular weight is 342 g/mol. The lowest BCUT2D eigenvalue weighted by Crippen LogP contribution is -2.37. The lowest BCUT2D eigenvalue weighted by molar-refractivity contribution is 0.0667. The largest absolute Gasteiger partial charge is 0.350 e. The van der Waals surface area contributed by atoms with Crippen LogP contribution in [0.15, 0.2) is 34.9 Å². The molecule has 1 aliphatic heterocycles. The summed E-state index contributed by atoms with van der Waals surface area (Å²) in [6.45, 7) is 7.62. The molecule has 2 fully saturated rings. The molecule has 1 amide bonds. The first-order valence-electron chi connectivity index (χ1n) is 8.78. The Balaban J connectivity index is 1.57. The Kier molecular flexibility index (Phi) is 3.53. The quantitative estimate of drug-likeness (QED) is 0.806. The minimum atomic E-state index is -0.302. The van der Waals surface area contributed by atoms with Crippen molar-refractivity contribution in [1.82, 2.24) is 10.1 Å². The van der Waals surface area contributed by atoms with Crippen LogP contribution in [0.4, 0.5) is 4.39 Å². The van der Waals surface area contributed by atoms with Gasteiger partial charge < -0.3 is 9.42 Å². The van der Waals surface area contributed by atoms with Gasteiger partial charge in [-0.2, -0.15) is 0 Å². The van der Waals surface area contributed by atoms with Gasteiger partial charge in [0.25, 0.3) is 5.91 Å². The fourth-order valence-corrected chi connectivity index (χ4v) is 4.97. The summed E-state index contributed by atoms with van der Waals surface area (Å²) in [6.07, 6.45) is 3.21. The smallest absolute Gasteiger partial charge is 0.292 e. The topological polar surface area (TPSA) is 46.3 Å². The molecule has 2 aliphatic rings. The lowest BCUT2D eigenvalue weighted by Gasteiger charge is -2.39. The zero-order valence-corrected chi connectivity index (χ0v) is 14.9. The average Bonchev–Trinajstić information content (AvgIpc) is 3.09. The van der Waals surface area contributed by atoms with Gasteiger partial charge in [0.1, 0.15) is 11.5 Å². The third-order valence-corrected chi connectivity index (χ3v) is 5.54. The molecule has 2 aromatic rings. The SMILES string of the molecule is CC1(C)C[C@@H]2C[C@@](C)(CN2C(=O)c2cc(-c3ccc(F)cc3)no2)C1. The van der Waals surface area contributed by atoms with Crippen LogP contribution in [0, 0.1) is 16.6 Å². The van der Waals surface area contributed by atoms with Crippen molar-refractivity contribution in [3.05, 3.63) is 41.9 Å². The molecular weight excluding hydrogens is 319 g/mol. The van der Waals surface area contributed by atoms with Gasteiger partial charge in [-0.15, -0.1) is 0 Å². The lowest BCUT2D eigenvalue weighted by atomic mass is 9.65. The van der Waals surface area contributed by atoms with Crippen molar-refractivity contribution >= 4 is 5.91 Å². The van der Waals surface area contributed by atoms with E-state index in [0.29, 0.717) is 5.69 Å². The Morgan fingerprint density at radius 2 is 1.96 bits per heavy atom. The summed E-state index contributed by atoms with van der Waals surface area (Å²) in [5.41, 5.74) is 1.73. The van der Waals surface area contributed by atoms with Crippen LogP contribution < -0.4 is 0 Å². The van der Waals surface area contributed by atoms with Crippen LogP contribution in [0.5, 0.6) is 0 Å². The number of benzene rings is 1. The van der Waals surface area contributed by atoms with E-state index in [1.165, 1.54) is 12.1 Å². The van der Waals surface area contributed by atoms with Gasteiger partial charge in [0.15, 0.2) is 0 Å². The molecule has 5 heteroatoms. The second-order valence-electron chi connectivity index (χ2n) is 8.73. The maximum atomic E-state index is 13.1. The second-order valence-corrected chi connectivity index (χ2v) is 8.73. The molecule has 0 unspecified atom stereocenters. The van der Waals surface area contributed by atoms with Crippen molar-refractivity contribution < 1.29 is 13.7 Å². The molecule has 0 spiro atoms. The summed E-state index contributed by atoms with van der Waals surface area (Å²) >= 11 is 0. The number of likely N-dealkylation sites (tertiary alicyclic amines) is 1. The molecule has 25 heavy (non-hydrogen) atoms. The van der Waals surface area contributed by atoms with E-state index in [9.17, 15) is 9.18 Å². The number of halogens is 1. The zero-order chi connectivity index (χ0) is 17.8. The standard InChI is InChI=1S/C20H23FN2O2/c1-19(2)9-15-10-20(3,11-19)12-23(15)18(24)17-8-16(22-25-17)13-4-6-14(21)7-5-13/h4-8,15H,9-12H2,1-3H3/t15-,20-/m1/s1. The molecule has 2 bridgehead atoms. The Morgan fingerprint density at radius 1 is 1.24 bits per heavy atom. The molecule has 1 aromatic heterocycles. The molecule has 1 aliphatic carbocycles. The highest BCUT2D eigenvalue weighted by Crippen LogP contribution is 2.52. The normalized spacial score (nSPS) is 27.5. The van der Waals surface area contributed by atoms with E-state index < -0.39 is 0 Å². The molecule has 1 saturated carbocycles. The first-order chi connectivity index (χ1) is 11.7. The molecule has 0 N–H and O–H groups in total. The number of aromatic nitrogens is 1. The number of nitrogens with zero attached hydrogens (tertiary/aromatic N) is 2. The molecule has 0 radical (unpaired) electrons. The van der Waals surface area contributed by atoms with Gasteiger partial charge in [0.05, 0.1) is 0 Å². The van der Waals surface area contributed by atoms with Crippen LogP contribution in [0.2, 0.25) is 0 Å². The van der Waals surface area contributed by atoms with Gasteiger partial charge >= 0.3 is 0 Å². The fourth-order valence-electron chi connectivity index (χ4n) is 4.97. The molecule has 1 saturated heterocycles. The van der Waals surface area contributed by atoms with Crippen molar-refractivity contribution in [1.29, 1.82) is 0 Å². The summed E-state index contributed by atoms with van der Waals surface area (Å²) < 4.78 is 18.4. The number of hydrogen-bond acceptors (Lipinski definition) is 3. The Bertz CT molecular complexity index is 811. The number of rotatable bonds is 2. The van der Waals surface area contributed by atoms with Gasteiger partial charge in [-0.1, -0.05) is 25.9 Å².